The minimum atomic E-state index is -3.76. The Balaban J connectivity index is 1.87. The van der Waals surface area contributed by atoms with Gasteiger partial charge in [-0.25, -0.2) is 22.0 Å². The fraction of sp³-hybridized carbons (Fsp3) is 0.300. The number of sulfonamides is 1. The molecule has 1 amide bonds. The molecule has 1 heterocycles. The number of carbonyl (C=O) groups is 2. The normalized spacial score (nSPS) is 14.9. The van der Waals surface area contributed by atoms with Gasteiger partial charge >= 0.3 is 5.97 Å². The van der Waals surface area contributed by atoms with E-state index in [1.807, 2.05) is 0 Å². The molecule has 160 valence electrons. The molecule has 1 N–H and O–H groups in total. The first-order valence-corrected chi connectivity index (χ1v) is 10.7. The summed E-state index contributed by atoms with van der Waals surface area (Å²) < 4.78 is 59.2. The molecule has 2 aromatic rings. The zero-order valence-electron chi connectivity index (χ0n) is 16.2. The summed E-state index contributed by atoms with van der Waals surface area (Å²) in [4.78, 5) is 24.1. The number of benzene rings is 2. The second kappa shape index (κ2) is 8.88. The summed E-state index contributed by atoms with van der Waals surface area (Å²) in [5.41, 5.74) is -1.02. The van der Waals surface area contributed by atoms with Crippen LogP contribution in [0.25, 0.3) is 0 Å². The SMILES string of the molecule is COC(=O)c1cc(NC(=O)c2cccc(S(=O)(=O)N3CCCCC3)c2)c(F)cc1F. The molecule has 10 heteroatoms. The van der Waals surface area contributed by atoms with E-state index in [4.69, 9.17) is 0 Å². The number of amides is 1. The maximum Gasteiger partial charge on any atom is 0.340 e. The molecule has 0 aromatic heterocycles. The second-order valence-electron chi connectivity index (χ2n) is 6.75. The lowest BCUT2D eigenvalue weighted by molar-refractivity contribution is 0.0595. The Bertz CT molecular complexity index is 1080. The van der Waals surface area contributed by atoms with Gasteiger partial charge in [0.25, 0.3) is 5.91 Å². The van der Waals surface area contributed by atoms with Crippen LogP contribution in [0.3, 0.4) is 0 Å². The van der Waals surface area contributed by atoms with Crippen molar-refractivity contribution in [2.75, 3.05) is 25.5 Å². The van der Waals surface area contributed by atoms with Gasteiger partial charge < -0.3 is 10.1 Å². The van der Waals surface area contributed by atoms with Gasteiger partial charge in [-0.1, -0.05) is 12.5 Å². The molecular formula is C20H20F2N2O5S. The highest BCUT2D eigenvalue weighted by Crippen LogP contribution is 2.23. The van der Waals surface area contributed by atoms with Crippen molar-refractivity contribution in [3.63, 3.8) is 0 Å². The molecule has 1 fully saturated rings. The van der Waals surface area contributed by atoms with Crippen LogP contribution in [0.4, 0.5) is 14.5 Å². The Morgan fingerprint density at radius 2 is 1.73 bits per heavy atom. The maximum absolute atomic E-state index is 14.1. The van der Waals surface area contributed by atoms with E-state index in [-0.39, 0.29) is 10.5 Å². The van der Waals surface area contributed by atoms with Gasteiger partial charge in [-0.05, 0) is 37.1 Å². The van der Waals surface area contributed by atoms with E-state index in [1.165, 1.54) is 28.6 Å². The Morgan fingerprint density at radius 1 is 1.03 bits per heavy atom. The molecule has 0 atom stereocenters. The predicted molar refractivity (Wildman–Crippen MR) is 105 cm³/mol. The predicted octanol–water partition coefficient (Wildman–Crippen LogP) is 3.18. The number of hydrogen-bond acceptors (Lipinski definition) is 5. The minimum Gasteiger partial charge on any atom is -0.465 e. The lowest BCUT2D eigenvalue weighted by atomic mass is 10.1. The van der Waals surface area contributed by atoms with Crippen molar-refractivity contribution < 1.29 is 31.5 Å². The minimum absolute atomic E-state index is 0.0311. The van der Waals surface area contributed by atoms with E-state index < -0.39 is 44.8 Å². The van der Waals surface area contributed by atoms with Gasteiger partial charge in [0.2, 0.25) is 10.0 Å². The molecule has 0 bridgehead atoms. The molecule has 1 aliphatic heterocycles. The van der Waals surface area contributed by atoms with Crippen LogP contribution in [0.1, 0.15) is 40.0 Å². The molecule has 0 saturated carbocycles. The highest BCUT2D eigenvalue weighted by Gasteiger charge is 2.26. The van der Waals surface area contributed by atoms with Crippen LogP contribution in [0.5, 0.6) is 0 Å². The first-order valence-electron chi connectivity index (χ1n) is 9.23. The number of piperidine rings is 1. The van der Waals surface area contributed by atoms with E-state index in [9.17, 15) is 26.8 Å². The first kappa shape index (κ1) is 21.8. The van der Waals surface area contributed by atoms with Crippen LogP contribution in [0.15, 0.2) is 41.3 Å². The highest BCUT2D eigenvalue weighted by atomic mass is 32.2. The van der Waals surface area contributed by atoms with Crippen molar-refractivity contribution in [3.05, 3.63) is 59.2 Å². The number of methoxy groups -OCH3 is 1. The number of anilines is 1. The molecule has 0 aliphatic carbocycles. The lowest BCUT2D eigenvalue weighted by Gasteiger charge is -2.26. The fourth-order valence-electron chi connectivity index (χ4n) is 3.16. The molecular weight excluding hydrogens is 418 g/mol. The third-order valence-electron chi connectivity index (χ3n) is 4.76. The standard InChI is InChI=1S/C20H20F2N2O5S/c1-29-20(26)15-11-18(17(22)12-16(15)21)23-19(25)13-6-5-7-14(10-13)30(27,28)24-8-3-2-4-9-24/h5-7,10-12H,2-4,8-9H2,1H3,(H,23,25). The highest BCUT2D eigenvalue weighted by molar-refractivity contribution is 7.89. The monoisotopic (exact) mass is 438 g/mol. The Kier molecular flexibility index (Phi) is 6.47. The summed E-state index contributed by atoms with van der Waals surface area (Å²) in [6.45, 7) is 0.825. The molecule has 7 nitrogen and oxygen atoms in total. The van der Waals surface area contributed by atoms with E-state index in [2.05, 4.69) is 10.1 Å². The maximum atomic E-state index is 14.1. The second-order valence-corrected chi connectivity index (χ2v) is 8.69. The first-order chi connectivity index (χ1) is 14.2. The van der Waals surface area contributed by atoms with Gasteiger partial charge in [-0.2, -0.15) is 4.31 Å². The van der Waals surface area contributed by atoms with Crippen molar-refractivity contribution in [2.45, 2.75) is 24.2 Å². The Hall–Kier alpha value is -2.85. The summed E-state index contributed by atoms with van der Waals surface area (Å²) >= 11 is 0. The van der Waals surface area contributed by atoms with Crippen molar-refractivity contribution in [2.24, 2.45) is 0 Å². The van der Waals surface area contributed by atoms with E-state index in [0.29, 0.717) is 19.2 Å². The number of nitrogens with zero attached hydrogens (tertiary/aromatic N) is 1. The van der Waals surface area contributed by atoms with Crippen LogP contribution < -0.4 is 5.32 Å². The van der Waals surface area contributed by atoms with Gasteiger partial charge in [-0.15, -0.1) is 0 Å². The zero-order chi connectivity index (χ0) is 21.9. The van der Waals surface area contributed by atoms with Crippen LogP contribution in [-0.2, 0) is 14.8 Å². The molecule has 3 rings (SSSR count). The number of nitrogens with one attached hydrogen (secondary N) is 1. The molecule has 30 heavy (non-hydrogen) atoms. The number of halogens is 2. The summed E-state index contributed by atoms with van der Waals surface area (Å²) in [5, 5.41) is 2.23. The van der Waals surface area contributed by atoms with E-state index in [0.717, 1.165) is 32.4 Å². The van der Waals surface area contributed by atoms with Crippen molar-refractivity contribution in [3.8, 4) is 0 Å². The molecule has 0 radical (unpaired) electrons. The van der Waals surface area contributed by atoms with Crippen LogP contribution in [0.2, 0.25) is 0 Å². The Morgan fingerprint density at radius 3 is 2.40 bits per heavy atom. The Labute approximate surface area is 172 Å². The molecule has 0 unspecified atom stereocenters. The third-order valence-corrected chi connectivity index (χ3v) is 6.65. The average Bonchev–Trinajstić information content (AvgIpc) is 2.75. The number of carbonyl (C=O) groups excluding carboxylic acids is 2. The number of esters is 1. The smallest absolute Gasteiger partial charge is 0.340 e. The average molecular weight is 438 g/mol. The van der Waals surface area contributed by atoms with Crippen LogP contribution in [0, 0.1) is 11.6 Å². The van der Waals surface area contributed by atoms with Gasteiger partial charge in [-0.3, -0.25) is 4.79 Å². The van der Waals surface area contributed by atoms with Crippen molar-refractivity contribution in [1.82, 2.24) is 4.31 Å². The fourth-order valence-corrected chi connectivity index (χ4v) is 4.72. The summed E-state index contributed by atoms with van der Waals surface area (Å²) in [6, 6.07) is 6.64. The van der Waals surface area contributed by atoms with Crippen LogP contribution in [-0.4, -0.2) is 44.8 Å². The van der Waals surface area contributed by atoms with E-state index in [1.54, 1.807) is 0 Å². The third kappa shape index (κ3) is 4.49. The summed E-state index contributed by atoms with van der Waals surface area (Å²) in [7, 11) is -2.72. The molecule has 1 aliphatic rings. The van der Waals surface area contributed by atoms with Gasteiger partial charge in [0, 0.05) is 24.7 Å². The van der Waals surface area contributed by atoms with Crippen LogP contribution >= 0.6 is 0 Å². The topological polar surface area (TPSA) is 92.8 Å². The lowest BCUT2D eigenvalue weighted by Crippen LogP contribution is -2.35. The number of ether oxygens (including phenoxy) is 1. The molecule has 0 spiro atoms. The molecule has 1 saturated heterocycles. The zero-order valence-corrected chi connectivity index (χ0v) is 17.0. The van der Waals surface area contributed by atoms with Gasteiger partial charge in [0.15, 0.2) is 0 Å². The number of hydrogen-bond donors (Lipinski definition) is 1. The van der Waals surface area contributed by atoms with Crippen molar-refractivity contribution >= 4 is 27.6 Å². The largest absolute Gasteiger partial charge is 0.465 e. The summed E-state index contributed by atoms with van der Waals surface area (Å²) in [5.74, 6) is -4.07. The van der Waals surface area contributed by atoms with Gasteiger partial charge in [0.1, 0.15) is 11.6 Å². The number of rotatable bonds is 5. The summed E-state index contributed by atoms with van der Waals surface area (Å²) in [6.07, 6.45) is 2.50. The van der Waals surface area contributed by atoms with Gasteiger partial charge in [0.05, 0.1) is 23.3 Å². The van der Waals surface area contributed by atoms with Crippen molar-refractivity contribution in [1.29, 1.82) is 0 Å². The molecule has 2 aromatic carbocycles. The quantitative estimate of drug-likeness (QED) is 0.724. The van der Waals surface area contributed by atoms with E-state index >= 15 is 0 Å².